The number of ether oxygens (including phenoxy) is 1. The van der Waals surface area contributed by atoms with Gasteiger partial charge >= 0.3 is 0 Å². The van der Waals surface area contributed by atoms with Gasteiger partial charge in [-0.1, -0.05) is 18.2 Å². The Morgan fingerprint density at radius 3 is 2.16 bits per heavy atom. The van der Waals surface area contributed by atoms with Crippen molar-refractivity contribution in [1.29, 1.82) is 0 Å². The van der Waals surface area contributed by atoms with Crippen molar-refractivity contribution in [2.45, 2.75) is 45.6 Å². The fourth-order valence-electron chi connectivity index (χ4n) is 3.08. The molecule has 0 bridgehead atoms. The second-order valence-corrected chi connectivity index (χ2v) is 9.56. The van der Waals surface area contributed by atoms with E-state index in [2.05, 4.69) is 10.0 Å². The number of benzene rings is 3. The molecule has 0 fully saturated rings. The Balaban J connectivity index is 1.66. The van der Waals surface area contributed by atoms with E-state index in [1.54, 1.807) is 31.2 Å². The van der Waals surface area contributed by atoms with E-state index in [1.807, 2.05) is 52.0 Å². The lowest BCUT2D eigenvalue weighted by Gasteiger charge is -2.17. The largest absolute Gasteiger partial charge is 0.481 e. The molecule has 3 rings (SSSR count). The molecule has 0 aliphatic heterocycles. The minimum atomic E-state index is -3.74. The summed E-state index contributed by atoms with van der Waals surface area (Å²) >= 11 is 0. The third kappa shape index (κ3) is 5.48. The van der Waals surface area contributed by atoms with E-state index in [9.17, 15) is 13.2 Å². The van der Waals surface area contributed by atoms with E-state index in [1.165, 1.54) is 12.1 Å². The molecule has 3 aromatic carbocycles. The van der Waals surface area contributed by atoms with Gasteiger partial charge in [0.25, 0.3) is 15.9 Å². The van der Waals surface area contributed by atoms with Gasteiger partial charge in [0.05, 0.1) is 4.90 Å². The average molecular weight is 453 g/mol. The first-order valence-corrected chi connectivity index (χ1v) is 11.8. The van der Waals surface area contributed by atoms with Crippen molar-refractivity contribution in [1.82, 2.24) is 0 Å². The second kappa shape index (κ2) is 9.44. The normalized spacial score (nSPS) is 12.2. The molecule has 0 radical (unpaired) electrons. The molecule has 168 valence electrons. The van der Waals surface area contributed by atoms with Gasteiger partial charge in [0, 0.05) is 11.4 Å². The summed E-state index contributed by atoms with van der Waals surface area (Å²) in [6.07, 6.45) is -0.717. The maximum Gasteiger partial charge on any atom is 0.265 e. The summed E-state index contributed by atoms with van der Waals surface area (Å²) in [6, 6.07) is 17.1. The molecule has 0 unspecified atom stereocenters. The van der Waals surface area contributed by atoms with Crippen LogP contribution in [0.3, 0.4) is 0 Å². The number of hydrogen-bond acceptors (Lipinski definition) is 4. The van der Waals surface area contributed by atoms with Crippen LogP contribution in [0.25, 0.3) is 0 Å². The van der Waals surface area contributed by atoms with Crippen LogP contribution in [0.5, 0.6) is 5.75 Å². The van der Waals surface area contributed by atoms with E-state index in [4.69, 9.17) is 4.74 Å². The lowest BCUT2D eigenvalue weighted by Crippen LogP contribution is -2.30. The molecule has 0 aromatic heterocycles. The number of nitrogens with one attached hydrogen (secondary N) is 2. The van der Waals surface area contributed by atoms with Crippen molar-refractivity contribution in [3.63, 3.8) is 0 Å². The van der Waals surface area contributed by atoms with Gasteiger partial charge in [0.15, 0.2) is 6.10 Å². The Morgan fingerprint density at radius 1 is 0.844 bits per heavy atom. The number of rotatable bonds is 7. The van der Waals surface area contributed by atoms with Crippen LogP contribution in [0, 0.1) is 27.7 Å². The smallest absolute Gasteiger partial charge is 0.265 e. The minimum Gasteiger partial charge on any atom is -0.481 e. The number of carbonyl (C=O) groups is 1. The Morgan fingerprint density at radius 2 is 1.50 bits per heavy atom. The lowest BCUT2D eigenvalue weighted by molar-refractivity contribution is -0.122. The maximum atomic E-state index is 12.7. The Bertz CT molecular complexity index is 1240. The molecule has 2 N–H and O–H groups in total. The van der Waals surface area contributed by atoms with Crippen molar-refractivity contribution in [3.8, 4) is 5.75 Å². The van der Waals surface area contributed by atoms with Crippen LogP contribution in [0.2, 0.25) is 0 Å². The van der Waals surface area contributed by atoms with Crippen LogP contribution in [0.15, 0.2) is 65.6 Å². The van der Waals surface area contributed by atoms with Gasteiger partial charge in [0.2, 0.25) is 0 Å². The van der Waals surface area contributed by atoms with Crippen molar-refractivity contribution < 1.29 is 17.9 Å². The zero-order valence-corrected chi connectivity index (χ0v) is 19.7. The van der Waals surface area contributed by atoms with Crippen LogP contribution in [0.1, 0.15) is 29.2 Å². The first kappa shape index (κ1) is 23.3. The zero-order valence-electron chi connectivity index (χ0n) is 18.9. The van der Waals surface area contributed by atoms with Crippen LogP contribution in [-0.4, -0.2) is 20.4 Å². The lowest BCUT2D eigenvalue weighted by atomic mass is 10.1. The number of aryl methyl sites for hydroxylation is 3. The predicted molar refractivity (Wildman–Crippen MR) is 128 cm³/mol. The predicted octanol–water partition coefficient (Wildman–Crippen LogP) is 5.13. The molecule has 32 heavy (non-hydrogen) atoms. The first-order valence-electron chi connectivity index (χ1n) is 10.3. The molecule has 6 nitrogen and oxygen atoms in total. The van der Waals surface area contributed by atoms with E-state index >= 15 is 0 Å². The highest BCUT2D eigenvalue weighted by Crippen LogP contribution is 2.23. The molecule has 7 heteroatoms. The number of anilines is 2. The minimum absolute atomic E-state index is 0.105. The number of carbonyl (C=O) groups excluding carboxylic acids is 1. The number of hydrogen-bond donors (Lipinski definition) is 2. The van der Waals surface area contributed by atoms with Gasteiger partial charge in [-0.2, -0.15) is 0 Å². The molecular weight excluding hydrogens is 424 g/mol. The van der Waals surface area contributed by atoms with Crippen molar-refractivity contribution >= 4 is 27.3 Å². The molecule has 0 saturated carbocycles. The number of sulfonamides is 1. The molecule has 1 amide bonds. The van der Waals surface area contributed by atoms with Gasteiger partial charge in [-0.15, -0.1) is 0 Å². The third-order valence-electron chi connectivity index (χ3n) is 5.42. The molecule has 0 saturated heterocycles. The fourth-order valence-corrected chi connectivity index (χ4v) is 4.13. The van der Waals surface area contributed by atoms with E-state index in [0.717, 1.165) is 22.3 Å². The van der Waals surface area contributed by atoms with Gasteiger partial charge in [0.1, 0.15) is 5.75 Å². The third-order valence-corrected chi connectivity index (χ3v) is 6.82. The summed E-state index contributed by atoms with van der Waals surface area (Å²) in [5.41, 5.74) is 5.14. The van der Waals surface area contributed by atoms with Crippen molar-refractivity contribution in [2.24, 2.45) is 0 Å². The SMILES string of the molecule is Cc1ccc(NS(=O)(=O)c2ccc(NC(=O)[C@H](C)Oc3cccc(C)c3C)cc2)cc1C. The first-order chi connectivity index (χ1) is 15.1. The van der Waals surface area contributed by atoms with Gasteiger partial charge in [-0.25, -0.2) is 8.42 Å². The topological polar surface area (TPSA) is 84.5 Å². The van der Waals surface area contributed by atoms with Gasteiger partial charge in [-0.3, -0.25) is 9.52 Å². The van der Waals surface area contributed by atoms with Crippen molar-refractivity contribution in [3.05, 3.63) is 82.9 Å². The summed E-state index contributed by atoms with van der Waals surface area (Å²) < 4.78 is 33.8. The quantitative estimate of drug-likeness (QED) is 0.521. The molecule has 0 spiro atoms. The highest BCUT2D eigenvalue weighted by atomic mass is 32.2. The standard InChI is InChI=1S/C25H28N2O4S/c1-16-9-10-22(15-18(16)3)27-32(29,30)23-13-11-21(12-14-23)26-25(28)20(5)31-24-8-6-7-17(2)19(24)4/h6-15,20,27H,1-5H3,(H,26,28)/t20-/m0/s1. The highest BCUT2D eigenvalue weighted by Gasteiger charge is 2.18. The molecule has 1 atom stereocenters. The van der Waals surface area contributed by atoms with E-state index in [0.29, 0.717) is 17.1 Å². The molecule has 0 heterocycles. The molecular formula is C25H28N2O4S. The Hall–Kier alpha value is -3.32. The van der Waals surface area contributed by atoms with Crippen molar-refractivity contribution in [2.75, 3.05) is 10.0 Å². The summed E-state index contributed by atoms with van der Waals surface area (Å²) in [5, 5.41) is 2.76. The van der Waals surface area contributed by atoms with Crippen LogP contribution in [-0.2, 0) is 14.8 Å². The summed E-state index contributed by atoms with van der Waals surface area (Å²) in [7, 11) is -3.74. The Labute approximate surface area is 189 Å². The average Bonchev–Trinajstić information content (AvgIpc) is 2.74. The summed E-state index contributed by atoms with van der Waals surface area (Å²) in [4.78, 5) is 12.6. The van der Waals surface area contributed by atoms with Gasteiger partial charge in [-0.05, 0) is 99.3 Å². The highest BCUT2D eigenvalue weighted by molar-refractivity contribution is 7.92. The van der Waals surface area contributed by atoms with Gasteiger partial charge < -0.3 is 10.1 Å². The monoisotopic (exact) mass is 452 g/mol. The molecule has 0 aliphatic carbocycles. The number of amides is 1. The van der Waals surface area contributed by atoms with E-state index < -0.39 is 16.1 Å². The maximum absolute atomic E-state index is 12.7. The zero-order chi connectivity index (χ0) is 23.5. The van der Waals surface area contributed by atoms with Crippen LogP contribution < -0.4 is 14.8 Å². The van der Waals surface area contributed by atoms with Crippen LogP contribution in [0.4, 0.5) is 11.4 Å². The summed E-state index contributed by atoms with van der Waals surface area (Å²) in [6.45, 7) is 9.49. The van der Waals surface area contributed by atoms with E-state index in [-0.39, 0.29) is 10.8 Å². The molecule has 3 aromatic rings. The fraction of sp³-hybridized carbons (Fsp3) is 0.240. The summed E-state index contributed by atoms with van der Waals surface area (Å²) in [5.74, 6) is 0.335. The Kier molecular flexibility index (Phi) is 6.89. The second-order valence-electron chi connectivity index (χ2n) is 7.88. The molecule has 0 aliphatic rings. The van der Waals surface area contributed by atoms with Crippen LogP contribution >= 0.6 is 0 Å².